The zero-order valence-corrected chi connectivity index (χ0v) is 11.8. The highest BCUT2D eigenvalue weighted by atomic mass is 32.1. The number of nitrogens with one attached hydrogen (secondary N) is 1. The third-order valence-electron chi connectivity index (χ3n) is 2.57. The molecular formula is C14H16N2O2S. The number of hydrogen-bond donors (Lipinski definition) is 1. The number of benzene rings is 1. The molecule has 4 nitrogen and oxygen atoms in total. The monoisotopic (exact) mass is 276 g/mol. The van der Waals surface area contributed by atoms with Gasteiger partial charge in [0.05, 0.1) is 13.2 Å². The lowest BCUT2D eigenvalue weighted by atomic mass is 10.1. The van der Waals surface area contributed by atoms with E-state index in [0.717, 1.165) is 16.3 Å². The molecule has 0 aliphatic rings. The maximum absolute atomic E-state index is 12.0. The number of thiazole rings is 1. The van der Waals surface area contributed by atoms with Gasteiger partial charge in [-0.2, -0.15) is 0 Å². The minimum absolute atomic E-state index is 0.0918. The van der Waals surface area contributed by atoms with E-state index >= 15 is 0 Å². The predicted octanol–water partition coefficient (Wildman–Crippen LogP) is 2.53. The summed E-state index contributed by atoms with van der Waals surface area (Å²) in [5, 5.41) is 5.75. The molecular weight excluding hydrogens is 260 g/mol. The van der Waals surface area contributed by atoms with E-state index < -0.39 is 0 Å². The fraction of sp³-hybridized carbons (Fsp3) is 0.286. The van der Waals surface area contributed by atoms with Crippen LogP contribution in [0.5, 0.6) is 0 Å². The van der Waals surface area contributed by atoms with Gasteiger partial charge in [-0.3, -0.25) is 4.79 Å². The molecule has 1 aromatic carbocycles. The molecule has 0 unspecified atom stereocenters. The van der Waals surface area contributed by atoms with Gasteiger partial charge in [0.2, 0.25) is 0 Å². The molecule has 0 bridgehead atoms. The number of nitrogens with zero attached hydrogens (tertiary/aromatic N) is 1. The summed E-state index contributed by atoms with van der Waals surface area (Å²) < 4.78 is 5.05. The van der Waals surface area contributed by atoms with Gasteiger partial charge >= 0.3 is 0 Å². The van der Waals surface area contributed by atoms with Crippen LogP contribution in [0, 0.1) is 6.92 Å². The van der Waals surface area contributed by atoms with Gasteiger partial charge in [-0.15, -0.1) is 11.3 Å². The average Bonchev–Trinajstić information content (AvgIpc) is 2.82. The molecule has 0 atom stereocenters. The van der Waals surface area contributed by atoms with Gasteiger partial charge in [0.25, 0.3) is 5.91 Å². The van der Waals surface area contributed by atoms with Crippen molar-refractivity contribution in [3.05, 3.63) is 51.5 Å². The maximum atomic E-state index is 12.0. The number of aryl methyl sites for hydroxylation is 1. The first-order valence-corrected chi connectivity index (χ1v) is 6.84. The normalized spacial score (nSPS) is 10.4. The van der Waals surface area contributed by atoms with E-state index in [9.17, 15) is 4.79 Å². The Morgan fingerprint density at radius 1 is 1.47 bits per heavy atom. The number of ether oxygens (including phenoxy) is 1. The quantitative estimate of drug-likeness (QED) is 0.913. The summed E-state index contributed by atoms with van der Waals surface area (Å²) in [6.45, 7) is 2.91. The Bertz CT molecular complexity index is 566. The molecule has 1 aromatic heterocycles. The summed E-state index contributed by atoms with van der Waals surface area (Å²) in [7, 11) is 1.64. The van der Waals surface area contributed by atoms with Gasteiger partial charge in [-0.1, -0.05) is 12.1 Å². The van der Waals surface area contributed by atoms with E-state index in [-0.39, 0.29) is 5.91 Å². The zero-order chi connectivity index (χ0) is 13.7. The van der Waals surface area contributed by atoms with Crippen molar-refractivity contribution in [3.8, 4) is 0 Å². The molecule has 2 aromatic rings. The third kappa shape index (κ3) is 3.87. The van der Waals surface area contributed by atoms with Crippen LogP contribution in [0.4, 0.5) is 0 Å². The van der Waals surface area contributed by atoms with Crippen molar-refractivity contribution in [2.45, 2.75) is 20.1 Å². The first-order valence-electron chi connectivity index (χ1n) is 5.96. The summed E-state index contributed by atoms with van der Waals surface area (Å²) in [5.41, 5.74) is 2.61. The maximum Gasteiger partial charge on any atom is 0.251 e. The molecule has 2 rings (SSSR count). The molecule has 0 saturated carbocycles. The van der Waals surface area contributed by atoms with Gasteiger partial charge in [0, 0.05) is 23.7 Å². The highest BCUT2D eigenvalue weighted by Crippen LogP contribution is 2.09. The molecule has 5 heteroatoms. The summed E-state index contributed by atoms with van der Waals surface area (Å²) in [5.74, 6) is -0.0918. The SMILES string of the molecule is COCc1cccc(C(=O)NCc2nc(C)cs2)c1. The van der Waals surface area contributed by atoms with Crippen molar-refractivity contribution in [2.75, 3.05) is 7.11 Å². The van der Waals surface area contributed by atoms with E-state index in [4.69, 9.17) is 4.74 Å². The van der Waals surface area contributed by atoms with Crippen LogP contribution in [0.25, 0.3) is 0 Å². The topological polar surface area (TPSA) is 51.2 Å². The second kappa shape index (κ2) is 6.45. The Balaban J connectivity index is 1.97. The molecule has 1 amide bonds. The summed E-state index contributed by atoms with van der Waals surface area (Å²) >= 11 is 1.55. The lowest BCUT2D eigenvalue weighted by molar-refractivity contribution is 0.0950. The van der Waals surface area contributed by atoms with Gasteiger partial charge in [0.1, 0.15) is 5.01 Å². The number of methoxy groups -OCH3 is 1. The Labute approximate surface area is 116 Å². The van der Waals surface area contributed by atoms with Crippen molar-refractivity contribution in [3.63, 3.8) is 0 Å². The number of hydrogen-bond acceptors (Lipinski definition) is 4. The Morgan fingerprint density at radius 2 is 2.32 bits per heavy atom. The second-order valence-electron chi connectivity index (χ2n) is 4.20. The van der Waals surface area contributed by atoms with Crippen molar-refractivity contribution in [1.82, 2.24) is 10.3 Å². The summed E-state index contributed by atoms with van der Waals surface area (Å²) in [4.78, 5) is 16.3. The van der Waals surface area contributed by atoms with E-state index in [2.05, 4.69) is 10.3 Å². The van der Waals surface area contributed by atoms with Crippen molar-refractivity contribution >= 4 is 17.2 Å². The van der Waals surface area contributed by atoms with Crippen LogP contribution in [0.15, 0.2) is 29.6 Å². The Kier molecular flexibility index (Phi) is 4.65. The van der Waals surface area contributed by atoms with Crippen LogP contribution >= 0.6 is 11.3 Å². The highest BCUT2D eigenvalue weighted by Gasteiger charge is 2.07. The molecule has 1 N–H and O–H groups in total. The lowest BCUT2D eigenvalue weighted by Gasteiger charge is -2.05. The molecule has 19 heavy (non-hydrogen) atoms. The van der Waals surface area contributed by atoms with E-state index in [1.54, 1.807) is 24.5 Å². The summed E-state index contributed by atoms with van der Waals surface area (Å²) in [6, 6.07) is 7.43. The lowest BCUT2D eigenvalue weighted by Crippen LogP contribution is -2.22. The fourth-order valence-corrected chi connectivity index (χ4v) is 2.42. The van der Waals surface area contributed by atoms with Crippen LogP contribution < -0.4 is 5.32 Å². The molecule has 1 heterocycles. The van der Waals surface area contributed by atoms with Gasteiger partial charge < -0.3 is 10.1 Å². The molecule has 0 aliphatic carbocycles. The second-order valence-corrected chi connectivity index (χ2v) is 5.14. The highest BCUT2D eigenvalue weighted by molar-refractivity contribution is 7.09. The molecule has 0 aliphatic heterocycles. The van der Waals surface area contributed by atoms with Crippen LogP contribution in [0.2, 0.25) is 0 Å². The van der Waals surface area contributed by atoms with Crippen LogP contribution in [-0.2, 0) is 17.9 Å². The predicted molar refractivity (Wildman–Crippen MR) is 75.2 cm³/mol. The minimum Gasteiger partial charge on any atom is -0.380 e. The average molecular weight is 276 g/mol. The van der Waals surface area contributed by atoms with Crippen LogP contribution in [0.1, 0.15) is 26.6 Å². The molecule has 0 radical (unpaired) electrons. The number of carbonyl (C=O) groups is 1. The standard InChI is InChI=1S/C14H16N2O2S/c1-10-9-19-13(16-10)7-15-14(17)12-5-3-4-11(6-12)8-18-2/h3-6,9H,7-8H2,1-2H3,(H,15,17). The van der Waals surface area contributed by atoms with Crippen molar-refractivity contribution in [1.29, 1.82) is 0 Å². The van der Waals surface area contributed by atoms with Gasteiger partial charge in [-0.05, 0) is 24.6 Å². The van der Waals surface area contributed by atoms with Gasteiger partial charge in [0.15, 0.2) is 0 Å². The smallest absolute Gasteiger partial charge is 0.251 e. The largest absolute Gasteiger partial charge is 0.380 e. The molecule has 0 fully saturated rings. The Hall–Kier alpha value is -1.72. The van der Waals surface area contributed by atoms with Crippen LogP contribution in [0.3, 0.4) is 0 Å². The number of rotatable bonds is 5. The van der Waals surface area contributed by atoms with Crippen molar-refractivity contribution in [2.24, 2.45) is 0 Å². The molecule has 0 saturated heterocycles. The summed E-state index contributed by atoms with van der Waals surface area (Å²) in [6.07, 6.45) is 0. The minimum atomic E-state index is -0.0918. The van der Waals surface area contributed by atoms with E-state index in [1.807, 2.05) is 30.5 Å². The third-order valence-corrected chi connectivity index (χ3v) is 3.53. The first-order chi connectivity index (χ1) is 9.19. The Morgan fingerprint density at radius 3 is 3.00 bits per heavy atom. The molecule has 0 spiro atoms. The zero-order valence-electron chi connectivity index (χ0n) is 11.0. The van der Waals surface area contributed by atoms with E-state index in [1.165, 1.54) is 0 Å². The van der Waals surface area contributed by atoms with E-state index in [0.29, 0.717) is 18.7 Å². The first kappa shape index (κ1) is 13.7. The van der Waals surface area contributed by atoms with Crippen molar-refractivity contribution < 1.29 is 9.53 Å². The van der Waals surface area contributed by atoms with Crippen LogP contribution in [-0.4, -0.2) is 18.0 Å². The number of amides is 1. The fourth-order valence-electron chi connectivity index (χ4n) is 1.71. The number of aromatic nitrogens is 1. The molecule has 100 valence electrons. The van der Waals surface area contributed by atoms with Gasteiger partial charge in [-0.25, -0.2) is 4.98 Å². The number of carbonyl (C=O) groups excluding carboxylic acids is 1.